The zero-order valence-electron chi connectivity index (χ0n) is 11.1. The van der Waals surface area contributed by atoms with E-state index in [4.69, 9.17) is 5.26 Å². The molecule has 0 aromatic heterocycles. The summed E-state index contributed by atoms with van der Waals surface area (Å²) in [5.41, 5.74) is -0.686. The van der Waals surface area contributed by atoms with Gasteiger partial charge in [-0.2, -0.15) is 5.26 Å². The minimum Gasteiger partial charge on any atom is -0.389 e. The maximum absolute atomic E-state index is 11.8. The molecule has 0 saturated carbocycles. The standard InChI is InChI=1S/C12H21N3O2S/c1-12(2,17)10-14-4-6-15(7-5-14)11(16)9-18-8-3-13/h17H,4-10H2,1-2H3. The summed E-state index contributed by atoms with van der Waals surface area (Å²) in [6.45, 7) is 7.26. The number of rotatable bonds is 5. The Bertz CT molecular complexity index is 314. The van der Waals surface area contributed by atoms with E-state index in [9.17, 15) is 9.90 Å². The Kier molecular flexibility index (Phi) is 5.93. The number of hydrogen-bond donors (Lipinski definition) is 1. The first kappa shape index (κ1) is 15.3. The molecule has 1 fully saturated rings. The van der Waals surface area contributed by atoms with Gasteiger partial charge in [0.1, 0.15) is 0 Å². The van der Waals surface area contributed by atoms with Gasteiger partial charge < -0.3 is 10.0 Å². The lowest BCUT2D eigenvalue weighted by molar-refractivity contribution is -0.130. The van der Waals surface area contributed by atoms with E-state index in [0.29, 0.717) is 31.1 Å². The lowest BCUT2D eigenvalue weighted by Crippen LogP contribution is -2.52. The number of nitrogens with zero attached hydrogens (tertiary/aromatic N) is 3. The van der Waals surface area contributed by atoms with Gasteiger partial charge in [0.25, 0.3) is 0 Å². The fraction of sp³-hybridized carbons (Fsp3) is 0.833. The van der Waals surface area contributed by atoms with Crippen LogP contribution in [0.1, 0.15) is 13.8 Å². The maximum Gasteiger partial charge on any atom is 0.232 e. The Labute approximate surface area is 113 Å². The van der Waals surface area contributed by atoms with Crippen LogP contribution >= 0.6 is 11.8 Å². The van der Waals surface area contributed by atoms with Crippen LogP contribution in [-0.2, 0) is 4.79 Å². The van der Waals surface area contributed by atoms with Crippen LogP contribution in [-0.4, -0.2) is 70.6 Å². The summed E-state index contributed by atoms with van der Waals surface area (Å²) in [6.07, 6.45) is 0. The molecule has 1 rings (SSSR count). The molecule has 0 aromatic carbocycles. The van der Waals surface area contributed by atoms with Crippen molar-refractivity contribution in [3.05, 3.63) is 0 Å². The molecule has 0 unspecified atom stereocenters. The summed E-state index contributed by atoms with van der Waals surface area (Å²) in [6, 6.07) is 2.02. The van der Waals surface area contributed by atoms with Gasteiger partial charge in [-0.05, 0) is 13.8 Å². The van der Waals surface area contributed by atoms with Gasteiger partial charge in [0.15, 0.2) is 0 Å². The topological polar surface area (TPSA) is 67.6 Å². The molecular formula is C12H21N3O2S. The first-order valence-corrected chi connectivity index (χ1v) is 7.25. The second-order valence-corrected chi connectivity index (χ2v) is 6.11. The Morgan fingerprint density at radius 1 is 1.39 bits per heavy atom. The molecular weight excluding hydrogens is 250 g/mol. The number of nitriles is 1. The van der Waals surface area contributed by atoms with Crippen molar-refractivity contribution < 1.29 is 9.90 Å². The molecule has 0 aliphatic carbocycles. The summed E-state index contributed by atoms with van der Waals surface area (Å²) >= 11 is 1.36. The van der Waals surface area contributed by atoms with E-state index in [1.165, 1.54) is 11.8 Å². The van der Waals surface area contributed by atoms with Gasteiger partial charge in [0.05, 0.1) is 23.2 Å². The van der Waals surface area contributed by atoms with Gasteiger partial charge in [-0.3, -0.25) is 9.69 Å². The summed E-state index contributed by atoms with van der Waals surface area (Å²) in [5.74, 6) is 0.863. The molecule has 0 bridgehead atoms. The third-order valence-corrected chi connectivity index (χ3v) is 3.51. The van der Waals surface area contributed by atoms with Crippen molar-refractivity contribution >= 4 is 17.7 Å². The molecule has 1 N–H and O–H groups in total. The highest BCUT2D eigenvalue weighted by Crippen LogP contribution is 2.10. The molecule has 18 heavy (non-hydrogen) atoms. The second kappa shape index (κ2) is 6.98. The number of thioether (sulfide) groups is 1. The van der Waals surface area contributed by atoms with Crippen LogP contribution in [0.2, 0.25) is 0 Å². The highest BCUT2D eigenvalue weighted by atomic mass is 32.2. The lowest BCUT2D eigenvalue weighted by atomic mass is 10.1. The lowest BCUT2D eigenvalue weighted by Gasteiger charge is -2.37. The number of amides is 1. The van der Waals surface area contributed by atoms with Crippen LogP contribution in [0.4, 0.5) is 0 Å². The Hall–Kier alpha value is -0.770. The van der Waals surface area contributed by atoms with E-state index < -0.39 is 5.60 Å². The average Bonchev–Trinajstić information content (AvgIpc) is 2.28. The highest BCUT2D eigenvalue weighted by molar-refractivity contribution is 8.00. The largest absolute Gasteiger partial charge is 0.389 e. The molecule has 102 valence electrons. The van der Waals surface area contributed by atoms with Gasteiger partial charge in [0, 0.05) is 32.7 Å². The number of piperazine rings is 1. The first-order valence-electron chi connectivity index (χ1n) is 6.09. The van der Waals surface area contributed by atoms with Crippen LogP contribution < -0.4 is 0 Å². The number of β-amino-alcohol motifs (C(OH)–C–C–N with tert-alkyl or cyclic N) is 1. The van der Waals surface area contributed by atoms with Crippen molar-refractivity contribution in [3.63, 3.8) is 0 Å². The van der Waals surface area contributed by atoms with Crippen molar-refractivity contribution in [2.24, 2.45) is 0 Å². The van der Waals surface area contributed by atoms with Crippen LogP contribution in [0.25, 0.3) is 0 Å². The smallest absolute Gasteiger partial charge is 0.232 e. The van der Waals surface area contributed by atoms with Gasteiger partial charge in [0.2, 0.25) is 5.91 Å². The average molecular weight is 271 g/mol. The Morgan fingerprint density at radius 3 is 2.50 bits per heavy atom. The predicted molar refractivity (Wildman–Crippen MR) is 72.3 cm³/mol. The molecule has 0 atom stereocenters. The third kappa shape index (κ3) is 5.71. The minimum atomic E-state index is -0.686. The molecule has 0 radical (unpaired) electrons. The molecule has 0 aromatic rings. The quantitative estimate of drug-likeness (QED) is 0.721. The second-order valence-electron chi connectivity index (χ2n) is 5.12. The van der Waals surface area contributed by atoms with Crippen LogP contribution in [0, 0.1) is 11.3 Å². The minimum absolute atomic E-state index is 0.109. The van der Waals surface area contributed by atoms with E-state index in [-0.39, 0.29) is 5.91 Å². The van der Waals surface area contributed by atoms with Gasteiger partial charge in [-0.25, -0.2) is 0 Å². The molecule has 1 aliphatic rings. The number of carbonyl (C=O) groups excluding carboxylic acids is 1. The third-order valence-electron chi connectivity index (χ3n) is 2.73. The monoisotopic (exact) mass is 271 g/mol. The van der Waals surface area contributed by atoms with Crippen molar-refractivity contribution in [2.45, 2.75) is 19.4 Å². The SMILES string of the molecule is CC(C)(O)CN1CCN(C(=O)CSCC#N)CC1. The van der Waals surface area contributed by atoms with Crippen LogP contribution in [0.3, 0.4) is 0 Å². The molecule has 1 aliphatic heterocycles. The van der Waals surface area contributed by atoms with Gasteiger partial charge in [-0.15, -0.1) is 11.8 Å². The van der Waals surface area contributed by atoms with Gasteiger partial charge in [-0.1, -0.05) is 0 Å². The Balaban J connectivity index is 2.26. The van der Waals surface area contributed by atoms with Crippen LogP contribution in [0.15, 0.2) is 0 Å². The number of carbonyl (C=O) groups is 1. The molecule has 6 heteroatoms. The molecule has 0 spiro atoms. The number of aliphatic hydroxyl groups is 1. The Morgan fingerprint density at radius 2 is 2.00 bits per heavy atom. The van der Waals surface area contributed by atoms with Gasteiger partial charge >= 0.3 is 0 Å². The van der Waals surface area contributed by atoms with E-state index in [2.05, 4.69) is 4.90 Å². The predicted octanol–water partition coefficient (Wildman–Crippen LogP) is 0.158. The normalized spacial score (nSPS) is 17.6. The number of hydrogen-bond acceptors (Lipinski definition) is 5. The van der Waals surface area contributed by atoms with Crippen molar-refractivity contribution in [1.29, 1.82) is 5.26 Å². The van der Waals surface area contributed by atoms with E-state index >= 15 is 0 Å². The van der Waals surface area contributed by atoms with Crippen molar-refractivity contribution in [1.82, 2.24) is 9.80 Å². The summed E-state index contributed by atoms with van der Waals surface area (Å²) in [4.78, 5) is 15.8. The van der Waals surface area contributed by atoms with Crippen molar-refractivity contribution in [2.75, 3.05) is 44.2 Å². The fourth-order valence-corrected chi connectivity index (χ4v) is 2.53. The molecule has 1 saturated heterocycles. The van der Waals surface area contributed by atoms with Crippen molar-refractivity contribution in [3.8, 4) is 6.07 Å². The molecule has 5 nitrogen and oxygen atoms in total. The highest BCUT2D eigenvalue weighted by Gasteiger charge is 2.24. The first-order chi connectivity index (χ1) is 8.42. The fourth-order valence-electron chi connectivity index (χ4n) is 1.98. The summed E-state index contributed by atoms with van der Waals surface area (Å²) in [5, 5.41) is 18.1. The zero-order valence-corrected chi connectivity index (χ0v) is 11.9. The zero-order chi connectivity index (χ0) is 13.6. The molecule has 1 heterocycles. The van der Waals surface area contributed by atoms with Crippen LogP contribution in [0.5, 0.6) is 0 Å². The van der Waals surface area contributed by atoms with E-state index in [0.717, 1.165) is 13.1 Å². The maximum atomic E-state index is 11.8. The van der Waals surface area contributed by atoms with E-state index in [1.807, 2.05) is 11.0 Å². The summed E-state index contributed by atoms with van der Waals surface area (Å²) in [7, 11) is 0. The summed E-state index contributed by atoms with van der Waals surface area (Å²) < 4.78 is 0. The van der Waals surface area contributed by atoms with E-state index in [1.54, 1.807) is 13.8 Å². The molecule has 1 amide bonds.